The van der Waals surface area contributed by atoms with Crippen molar-refractivity contribution in [3.05, 3.63) is 118 Å². The van der Waals surface area contributed by atoms with Crippen molar-refractivity contribution < 1.29 is 13.6 Å². The molecule has 210 valence electrons. The lowest BCUT2D eigenvalue weighted by Gasteiger charge is -2.35. The van der Waals surface area contributed by atoms with Crippen LogP contribution in [-0.4, -0.2) is 58.4 Å². The van der Waals surface area contributed by atoms with Crippen molar-refractivity contribution in [2.24, 2.45) is 0 Å². The number of anilines is 1. The van der Waals surface area contributed by atoms with Gasteiger partial charge in [-0.25, -0.2) is 13.8 Å². The number of hydrogen-bond acceptors (Lipinski definition) is 5. The van der Waals surface area contributed by atoms with Gasteiger partial charge in [-0.1, -0.05) is 42.5 Å². The van der Waals surface area contributed by atoms with Crippen molar-refractivity contribution in [3.8, 4) is 0 Å². The van der Waals surface area contributed by atoms with Crippen LogP contribution in [0.15, 0.2) is 84.4 Å². The standard InChI is InChI=1S/C32H31F2N5OS/c33-25-11-9-23(10-12-25)20-37(14-13-24-19-35-28-7-3-1-5-26(24)28)21-31-36-29(22-41-31)32(40)39-17-15-38(16-18-39)30-8-4-2-6-27(30)34/h1-12,19,22,35H,13-18,20-21H2. The summed E-state index contributed by atoms with van der Waals surface area (Å²) < 4.78 is 27.7. The number of hydrogen-bond donors (Lipinski definition) is 1. The maximum Gasteiger partial charge on any atom is 0.273 e. The molecular weight excluding hydrogens is 540 g/mol. The zero-order valence-corrected chi connectivity index (χ0v) is 23.4. The first-order valence-electron chi connectivity index (χ1n) is 13.8. The monoisotopic (exact) mass is 571 g/mol. The maximum atomic E-state index is 14.2. The Morgan fingerprint density at radius 3 is 2.49 bits per heavy atom. The summed E-state index contributed by atoms with van der Waals surface area (Å²) >= 11 is 1.48. The number of amides is 1. The molecule has 9 heteroatoms. The number of piperazine rings is 1. The van der Waals surface area contributed by atoms with Gasteiger partial charge in [-0.15, -0.1) is 11.3 Å². The van der Waals surface area contributed by atoms with Crippen LogP contribution in [0.25, 0.3) is 10.9 Å². The highest BCUT2D eigenvalue weighted by atomic mass is 32.1. The van der Waals surface area contributed by atoms with Crippen molar-refractivity contribution >= 4 is 33.8 Å². The van der Waals surface area contributed by atoms with Gasteiger partial charge in [0, 0.05) is 61.7 Å². The van der Waals surface area contributed by atoms with Gasteiger partial charge in [-0.3, -0.25) is 9.69 Å². The molecule has 6 rings (SSSR count). The summed E-state index contributed by atoms with van der Waals surface area (Å²) in [6.07, 6.45) is 2.90. The van der Waals surface area contributed by atoms with Gasteiger partial charge in [0.15, 0.2) is 0 Å². The van der Waals surface area contributed by atoms with E-state index in [0.29, 0.717) is 50.6 Å². The Labute approximate surface area is 241 Å². The fourth-order valence-corrected chi connectivity index (χ4v) is 6.18. The molecule has 1 amide bonds. The highest BCUT2D eigenvalue weighted by molar-refractivity contribution is 7.09. The smallest absolute Gasteiger partial charge is 0.273 e. The second-order valence-corrected chi connectivity index (χ2v) is 11.2. The second kappa shape index (κ2) is 12.2. The van der Waals surface area contributed by atoms with E-state index in [1.54, 1.807) is 17.0 Å². The van der Waals surface area contributed by atoms with Gasteiger partial charge >= 0.3 is 0 Å². The average Bonchev–Trinajstić information content (AvgIpc) is 3.64. The molecule has 41 heavy (non-hydrogen) atoms. The molecule has 3 aromatic carbocycles. The fourth-order valence-electron chi connectivity index (χ4n) is 5.37. The van der Waals surface area contributed by atoms with Crippen molar-refractivity contribution in [2.75, 3.05) is 37.6 Å². The van der Waals surface area contributed by atoms with Gasteiger partial charge in [0.25, 0.3) is 5.91 Å². The Kier molecular flexibility index (Phi) is 8.07. The molecule has 1 aliphatic heterocycles. The quantitative estimate of drug-likeness (QED) is 0.232. The Bertz CT molecular complexity index is 1620. The highest BCUT2D eigenvalue weighted by Crippen LogP contribution is 2.23. The number of H-pyrrole nitrogens is 1. The number of rotatable bonds is 9. The number of carbonyl (C=O) groups is 1. The molecule has 3 heterocycles. The Morgan fingerprint density at radius 2 is 1.68 bits per heavy atom. The van der Waals surface area contributed by atoms with Crippen molar-refractivity contribution in [1.82, 2.24) is 19.8 Å². The van der Waals surface area contributed by atoms with E-state index in [2.05, 4.69) is 28.2 Å². The van der Waals surface area contributed by atoms with E-state index < -0.39 is 0 Å². The molecule has 5 aromatic rings. The number of thiazole rings is 1. The first-order valence-corrected chi connectivity index (χ1v) is 14.7. The molecule has 0 saturated carbocycles. The predicted octanol–water partition coefficient (Wildman–Crippen LogP) is 6.11. The lowest BCUT2D eigenvalue weighted by atomic mass is 10.1. The van der Waals surface area contributed by atoms with Gasteiger partial charge in [-0.2, -0.15) is 0 Å². The van der Waals surface area contributed by atoms with Crippen LogP contribution in [-0.2, 0) is 19.5 Å². The SMILES string of the molecule is O=C(c1csc(CN(CCc2c[nH]c3ccccc23)Cc2ccc(F)cc2)n1)N1CCN(c2ccccc2F)CC1. The van der Waals surface area contributed by atoms with Crippen molar-refractivity contribution in [1.29, 1.82) is 0 Å². The Morgan fingerprint density at radius 1 is 0.927 bits per heavy atom. The first kappa shape index (κ1) is 27.1. The van der Waals surface area contributed by atoms with E-state index in [-0.39, 0.29) is 17.5 Å². The summed E-state index contributed by atoms with van der Waals surface area (Å²) in [7, 11) is 0. The zero-order valence-electron chi connectivity index (χ0n) is 22.6. The molecule has 1 N–H and O–H groups in total. The molecule has 1 fully saturated rings. The van der Waals surface area contributed by atoms with E-state index in [1.807, 2.05) is 40.6 Å². The van der Waals surface area contributed by atoms with Crippen LogP contribution in [0.1, 0.15) is 26.6 Å². The number of nitrogens with zero attached hydrogens (tertiary/aromatic N) is 4. The third-order valence-electron chi connectivity index (χ3n) is 7.58. The summed E-state index contributed by atoms with van der Waals surface area (Å²) in [5.41, 5.74) is 4.40. The van der Waals surface area contributed by atoms with E-state index in [9.17, 15) is 13.6 Å². The molecule has 0 atom stereocenters. The molecule has 1 saturated heterocycles. The molecule has 1 aliphatic rings. The molecule has 0 unspecified atom stereocenters. The van der Waals surface area contributed by atoms with E-state index in [4.69, 9.17) is 4.98 Å². The van der Waals surface area contributed by atoms with Crippen LogP contribution in [0.3, 0.4) is 0 Å². The van der Waals surface area contributed by atoms with Gasteiger partial charge < -0.3 is 14.8 Å². The summed E-state index contributed by atoms with van der Waals surface area (Å²) in [5.74, 6) is -0.590. The normalized spacial score (nSPS) is 13.8. The number of aromatic nitrogens is 2. The molecule has 0 aliphatic carbocycles. The molecule has 6 nitrogen and oxygen atoms in total. The lowest BCUT2D eigenvalue weighted by molar-refractivity contribution is 0.0741. The second-order valence-electron chi connectivity index (χ2n) is 10.3. The molecule has 2 aromatic heterocycles. The molecule has 0 spiro atoms. The largest absolute Gasteiger partial charge is 0.366 e. The van der Waals surface area contributed by atoms with Crippen LogP contribution in [0.4, 0.5) is 14.5 Å². The fraction of sp³-hybridized carbons (Fsp3) is 0.250. The van der Waals surface area contributed by atoms with Crippen LogP contribution >= 0.6 is 11.3 Å². The number of carbonyl (C=O) groups excluding carboxylic acids is 1. The number of benzene rings is 3. The van der Waals surface area contributed by atoms with E-state index in [0.717, 1.165) is 29.1 Å². The maximum absolute atomic E-state index is 14.2. The lowest BCUT2D eigenvalue weighted by Crippen LogP contribution is -2.49. The van der Waals surface area contributed by atoms with Crippen molar-refractivity contribution in [3.63, 3.8) is 0 Å². The predicted molar refractivity (Wildman–Crippen MR) is 159 cm³/mol. The number of para-hydroxylation sites is 2. The summed E-state index contributed by atoms with van der Waals surface area (Å²) in [4.78, 5) is 27.4. The van der Waals surface area contributed by atoms with Crippen LogP contribution < -0.4 is 4.90 Å². The van der Waals surface area contributed by atoms with Crippen LogP contribution in [0, 0.1) is 11.6 Å². The number of nitrogens with one attached hydrogen (secondary N) is 1. The van der Waals surface area contributed by atoms with Crippen LogP contribution in [0.2, 0.25) is 0 Å². The van der Waals surface area contributed by atoms with Gasteiger partial charge in [0.1, 0.15) is 22.3 Å². The third-order valence-corrected chi connectivity index (χ3v) is 8.42. The van der Waals surface area contributed by atoms with E-state index in [1.165, 1.54) is 40.5 Å². The summed E-state index contributed by atoms with van der Waals surface area (Å²) in [6, 6.07) is 21.6. The summed E-state index contributed by atoms with van der Waals surface area (Å²) in [6.45, 7) is 4.18. The number of fused-ring (bicyclic) bond motifs is 1. The minimum absolute atomic E-state index is 0.0930. The molecule has 0 radical (unpaired) electrons. The summed E-state index contributed by atoms with van der Waals surface area (Å²) in [5, 5.41) is 3.90. The average molecular weight is 572 g/mol. The number of aromatic amines is 1. The highest BCUT2D eigenvalue weighted by Gasteiger charge is 2.25. The minimum atomic E-state index is -0.253. The Balaban J connectivity index is 1.11. The molecule has 0 bridgehead atoms. The number of halogens is 2. The zero-order chi connectivity index (χ0) is 28.2. The first-order chi connectivity index (χ1) is 20.0. The van der Waals surface area contributed by atoms with Crippen LogP contribution in [0.5, 0.6) is 0 Å². The van der Waals surface area contributed by atoms with Gasteiger partial charge in [0.05, 0.1) is 12.2 Å². The van der Waals surface area contributed by atoms with Crippen molar-refractivity contribution in [2.45, 2.75) is 19.5 Å². The third kappa shape index (κ3) is 6.31. The topological polar surface area (TPSA) is 55.5 Å². The molecular formula is C32H31F2N5OS. The minimum Gasteiger partial charge on any atom is -0.366 e. The van der Waals surface area contributed by atoms with E-state index >= 15 is 0 Å². The van der Waals surface area contributed by atoms with Gasteiger partial charge in [-0.05, 0) is 47.9 Å². The van der Waals surface area contributed by atoms with Gasteiger partial charge in [0.2, 0.25) is 0 Å². The Hall–Kier alpha value is -4.08.